The van der Waals surface area contributed by atoms with Crippen LogP contribution < -0.4 is 5.46 Å². The lowest BCUT2D eigenvalue weighted by Crippen LogP contribution is -2.41. The van der Waals surface area contributed by atoms with E-state index in [4.69, 9.17) is 28.7 Å². The second-order valence-electron chi connectivity index (χ2n) is 13.0. The summed E-state index contributed by atoms with van der Waals surface area (Å²) in [5, 5.41) is 4.39. The van der Waals surface area contributed by atoms with Crippen LogP contribution in [0.4, 0.5) is 0 Å². The third-order valence-electron chi connectivity index (χ3n) is 9.62. The molecule has 0 atom stereocenters. The van der Waals surface area contributed by atoms with Crippen molar-refractivity contribution in [1.29, 1.82) is 0 Å². The predicted octanol–water partition coefficient (Wildman–Crippen LogP) is 9.44. The van der Waals surface area contributed by atoms with E-state index in [1.807, 2.05) is 54.6 Å². The van der Waals surface area contributed by atoms with Gasteiger partial charge in [-0.05, 0) is 45.9 Å². The minimum atomic E-state index is -0.553. The van der Waals surface area contributed by atoms with Crippen molar-refractivity contribution >= 4 is 66.0 Å². The Bertz CT molecular complexity index is 2490. The van der Waals surface area contributed by atoms with Crippen molar-refractivity contribution in [2.75, 3.05) is 0 Å². The van der Waals surface area contributed by atoms with Gasteiger partial charge in [-0.2, -0.15) is 0 Å². The molecule has 0 bridgehead atoms. The van der Waals surface area contributed by atoms with Gasteiger partial charge in [0.2, 0.25) is 0 Å². The number of hydrogen-bond donors (Lipinski definition) is 0. The smallest absolute Gasteiger partial charge is 0.456 e. The summed E-state index contributed by atoms with van der Waals surface area (Å²) in [7, 11) is -0.553. The van der Waals surface area contributed by atoms with Crippen LogP contribution in [-0.2, 0) is 9.31 Å². The average molecular weight is 632 g/mol. The van der Waals surface area contributed by atoms with Crippen molar-refractivity contribution in [2.24, 2.45) is 0 Å². The van der Waals surface area contributed by atoms with Gasteiger partial charge in [-0.1, -0.05) is 91.0 Å². The maximum absolute atomic E-state index is 6.76. The molecule has 3 aromatic heterocycles. The largest absolute Gasteiger partial charge is 0.498 e. The third kappa shape index (κ3) is 4.43. The second kappa shape index (κ2) is 10.3. The molecule has 0 unspecified atom stereocenters. The Labute approximate surface area is 276 Å². The van der Waals surface area contributed by atoms with E-state index in [0.717, 1.165) is 43.2 Å². The quantitative estimate of drug-likeness (QED) is 0.180. The maximum Gasteiger partial charge on any atom is 0.498 e. The van der Waals surface area contributed by atoms with Crippen LogP contribution in [-0.4, -0.2) is 33.3 Å². The van der Waals surface area contributed by atoms with E-state index in [1.165, 1.54) is 15.5 Å². The van der Waals surface area contributed by atoms with Gasteiger partial charge >= 0.3 is 7.12 Å². The normalized spacial score (nSPS) is 15.8. The van der Waals surface area contributed by atoms with Gasteiger partial charge in [-0.15, -0.1) is 11.3 Å². The summed E-state index contributed by atoms with van der Waals surface area (Å²) in [6, 6.07) is 37.2. The van der Waals surface area contributed by atoms with Gasteiger partial charge in [0.1, 0.15) is 11.2 Å². The van der Waals surface area contributed by atoms with Crippen LogP contribution in [0.15, 0.2) is 114 Å². The summed E-state index contributed by atoms with van der Waals surface area (Å²) in [6.45, 7) is 8.25. The molecule has 8 heteroatoms. The first-order valence-electron chi connectivity index (χ1n) is 15.8. The van der Waals surface area contributed by atoms with Crippen LogP contribution in [0.5, 0.6) is 0 Å². The van der Waals surface area contributed by atoms with Crippen LogP contribution in [0.3, 0.4) is 0 Å². The van der Waals surface area contributed by atoms with E-state index in [2.05, 4.69) is 82.3 Å². The highest BCUT2D eigenvalue weighted by Gasteiger charge is 2.52. The van der Waals surface area contributed by atoms with E-state index >= 15 is 0 Å². The number of fused-ring (bicyclic) bond motifs is 6. The number of nitrogens with zero attached hydrogens (tertiary/aromatic N) is 3. The lowest BCUT2D eigenvalue weighted by molar-refractivity contribution is 0.00578. The first-order chi connectivity index (χ1) is 22.8. The topological polar surface area (TPSA) is 70.3 Å². The zero-order chi connectivity index (χ0) is 31.9. The fraction of sp³-hybridized carbons (Fsp3) is 0.154. The van der Waals surface area contributed by atoms with E-state index < -0.39 is 18.3 Å². The number of hydrogen-bond acceptors (Lipinski definition) is 7. The highest BCUT2D eigenvalue weighted by atomic mass is 32.1. The van der Waals surface area contributed by atoms with Crippen molar-refractivity contribution in [3.8, 4) is 34.2 Å². The van der Waals surface area contributed by atoms with Gasteiger partial charge in [-0.3, -0.25) is 0 Å². The van der Waals surface area contributed by atoms with Gasteiger partial charge in [0.25, 0.3) is 0 Å². The van der Waals surface area contributed by atoms with Crippen molar-refractivity contribution in [2.45, 2.75) is 38.9 Å². The Kier molecular flexibility index (Phi) is 6.22. The third-order valence-corrected chi connectivity index (χ3v) is 10.8. The van der Waals surface area contributed by atoms with Crippen molar-refractivity contribution < 1.29 is 13.7 Å². The van der Waals surface area contributed by atoms with Crippen molar-refractivity contribution in [3.05, 3.63) is 109 Å². The Hall–Kier alpha value is -4.89. The van der Waals surface area contributed by atoms with E-state index in [0.29, 0.717) is 23.1 Å². The molecule has 0 radical (unpaired) electrons. The van der Waals surface area contributed by atoms with Gasteiger partial charge in [-0.25, -0.2) is 15.0 Å². The molecule has 1 aliphatic rings. The molecule has 228 valence electrons. The number of aromatic nitrogens is 3. The van der Waals surface area contributed by atoms with Crippen molar-refractivity contribution in [1.82, 2.24) is 15.0 Å². The fourth-order valence-electron chi connectivity index (χ4n) is 6.43. The van der Waals surface area contributed by atoms with Gasteiger partial charge in [0.05, 0.1) is 16.8 Å². The molecular formula is C39H30BN3O3S. The number of para-hydroxylation sites is 2. The number of benzene rings is 5. The Morgan fingerprint density at radius 3 is 1.87 bits per heavy atom. The van der Waals surface area contributed by atoms with E-state index in [1.54, 1.807) is 11.3 Å². The summed E-state index contributed by atoms with van der Waals surface area (Å²) in [5.41, 5.74) is 4.06. The molecule has 1 fully saturated rings. The molecule has 8 aromatic rings. The molecule has 0 aliphatic carbocycles. The predicted molar refractivity (Wildman–Crippen MR) is 192 cm³/mol. The number of furan rings is 1. The van der Waals surface area contributed by atoms with Crippen LogP contribution in [0.2, 0.25) is 0 Å². The monoisotopic (exact) mass is 631 g/mol. The minimum Gasteiger partial charge on any atom is -0.456 e. The van der Waals surface area contributed by atoms with Gasteiger partial charge in [0, 0.05) is 47.5 Å². The molecule has 0 N–H and O–H groups in total. The molecule has 1 saturated heterocycles. The highest BCUT2D eigenvalue weighted by Crippen LogP contribution is 2.41. The fourth-order valence-corrected chi connectivity index (χ4v) is 7.64. The van der Waals surface area contributed by atoms with Gasteiger partial charge in [0.15, 0.2) is 17.5 Å². The molecule has 0 saturated carbocycles. The van der Waals surface area contributed by atoms with Crippen LogP contribution in [0.25, 0.3) is 76.3 Å². The maximum atomic E-state index is 6.76. The average Bonchev–Trinajstić information content (AvgIpc) is 3.73. The number of thiophene rings is 1. The van der Waals surface area contributed by atoms with Gasteiger partial charge < -0.3 is 13.7 Å². The highest BCUT2D eigenvalue weighted by molar-refractivity contribution is 7.26. The molecule has 5 aromatic carbocycles. The lowest BCUT2D eigenvalue weighted by Gasteiger charge is -2.32. The summed E-state index contributed by atoms with van der Waals surface area (Å²) in [6.07, 6.45) is 0. The van der Waals surface area contributed by atoms with Crippen LogP contribution >= 0.6 is 11.3 Å². The first-order valence-corrected chi connectivity index (χ1v) is 16.6. The molecule has 1 aliphatic heterocycles. The molecule has 47 heavy (non-hydrogen) atoms. The molecular weight excluding hydrogens is 601 g/mol. The van der Waals surface area contributed by atoms with Crippen molar-refractivity contribution in [3.63, 3.8) is 0 Å². The van der Waals surface area contributed by atoms with E-state index in [-0.39, 0.29) is 0 Å². The zero-order valence-electron chi connectivity index (χ0n) is 26.4. The summed E-state index contributed by atoms with van der Waals surface area (Å²) in [4.78, 5) is 15.3. The minimum absolute atomic E-state index is 0.469. The van der Waals surface area contributed by atoms with E-state index in [9.17, 15) is 0 Å². The summed E-state index contributed by atoms with van der Waals surface area (Å²) in [5.74, 6) is 1.78. The number of rotatable bonds is 4. The Balaban J connectivity index is 1.26. The van der Waals surface area contributed by atoms with Crippen LogP contribution in [0, 0.1) is 0 Å². The first kappa shape index (κ1) is 28.3. The second-order valence-corrected chi connectivity index (χ2v) is 14.1. The van der Waals surface area contributed by atoms with Crippen LogP contribution in [0.1, 0.15) is 27.7 Å². The Morgan fingerprint density at radius 1 is 0.532 bits per heavy atom. The standard InChI is InChI=1S/C39H30BN3O3S/c1-38(2)39(3,4)46-40(45-38)30-21-12-17-26-25-16-10-19-28(32(25)44-33(26)30)36-41-35(23-13-6-5-7-14-23)42-37(43-36)29-20-11-18-27-24-15-8-9-22-31(24)47-34(27)29/h5-22H,1-4H3. The molecule has 9 rings (SSSR count). The Morgan fingerprint density at radius 2 is 1.11 bits per heavy atom. The SMILES string of the molecule is CC1(C)OB(c2cccc3c2oc2c(-c4nc(-c5ccccc5)nc(-c5cccc6c5sc5ccccc56)n4)cccc23)OC1(C)C. The summed E-state index contributed by atoms with van der Waals surface area (Å²) < 4.78 is 22.0. The molecule has 4 heterocycles. The molecule has 6 nitrogen and oxygen atoms in total. The zero-order valence-corrected chi connectivity index (χ0v) is 27.3. The summed E-state index contributed by atoms with van der Waals surface area (Å²) >= 11 is 1.76. The molecule has 0 spiro atoms. The molecule has 0 amide bonds. The lowest BCUT2D eigenvalue weighted by atomic mass is 9.78.